The first-order chi connectivity index (χ1) is 16.9. The second-order valence-corrected chi connectivity index (χ2v) is 10.3. The minimum atomic E-state index is -0.616. The number of pyridine rings is 2. The van der Waals surface area contributed by atoms with Gasteiger partial charge in [-0.1, -0.05) is 0 Å². The number of aromatic hydroxyl groups is 1. The van der Waals surface area contributed by atoms with Crippen LogP contribution in [0.3, 0.4) is 0 Å². The molecular formula is C24H26FN5O4S. The molecule has 35 heavy (non-hydrogen) atoms. The highest BCUT2D eigenvalue weighted by Gasteiger charge is 2.30. The summed E-state index contributed by atoms with van der Waals surface area (Å²) in [5, 5.41) is 12.9. The number of nitrogens with one attached hydrogen (secondary N) is 1. The molecule has 0 unspecified atom stereocenters. The normalized spacial score (nSPS) is 21.2. The average molecular weight is 500 g/mol. The topological polar surface area (TPSA) is 119 Å². The average Bonchev–Trinajstić information content (AvgIpc) is 2.86. The molecule has 11 heteroatoms. The van der Waals surface area contributed by atoms with Crippen molar-refractivity contribution in [2.75, 3.05) is 11.5 Å². The van der Waals surface area contributed by atoms with Gasteiger partial charge in [-0.05, 0) is 68.2 Å². The molecule has 1 amide bonds. The van der Waals surface area contributed by atoms with E-state index in [-0.39, 0.29) is 40.6 Å². The largest absolute Gasteiger partial charge is 0.505 e. The number of amides is 1. The third-order valence-electron chi connectivity index (χ3n) is 6.88. The number of carbonyl (C=O) groups is 1. The van der Waals surface area contributed by atoms with Gasteiger partial charge in [0.25, 0.3) is 11.5 Å². The van der Waals surface area contributed by atoms with E-state index in [1.807, 2.05) is 11.8 Å². The minimum absolute atomic E-state index is 0.0385. The van der Waals surface area contributed by atoms with Crippen molar-refractivity contribution >= 4 is 28.7 Å². The molecule has 2 aliphatic rings. The van der Waals surface area contributed by atoms with E-state index in [4.69, 9.17) is 0 Å². The standard InChI is InChI=1S/C24H26FN5O4S/c25-14-12-18-21(27-13-14)29(17-7-10-35-11-8-17)24(34)30(23(18)33)16-5-3-15(4-6-16)28-22(32)20-19(31)2-1-9-26-20/h1-2,9,12-13,15-17,31H,3-8,10-11H2,(H,28,32). The number of halogens is 1. The summed E-state index contributed by atoms with van der Waals surface area (Å²) in [6.45, 7) is 0. The highest BCUT2D eigenvalue weighted by molar-refractivity contribution is 7.99. The van der Waals surface area contributed by atoms with Crippen molar-refractivity contribution in [3.8, 4) is 5.75 Å². The summed E-state index contributed by atoms with van der Waals surface area (Å²) in [6.07, 6.45) is 6.17. The zero-order valence-corrected chi connectivity index (χ0v) is 19.8. The first-order valence-corrected chi connectivity index (χ1v) is 12.9. The van der Waals surface area contributed by atoms with Crippen LogP contribution in [-0.2, 0) is 0 Å². The summed E-state index contributed by atoms with van der Waals surface area (Å²) in [5.74, 6) is 0.553. The van der Waals surface area contributed by atoms with Gasteiger partial charge in [0.2, 0.25) is 0 Å². The number of hydrogen-bond acceptors (Lipinski definition) is 7. The predicted molar refractivity (Wildman–Crippen MR) is 130 cm³/mol. The molecule has 184 valence electrons. The van der Waals surface area contributed by atoms with Crippen LogP contribution in [-0.4, -0.2) is 47.7 Å². The Labute approximate surface area is 204 Å². The van der Waals surface area contributed by atoms with Crippen LogP contribution in [0.15, 0.2) is 40.2 Å². The smallest absolute Gasteiger partial charge is 0.333 e. The molecule has 0 radical (unpaired) electrons. The molecule has 1 saturated carbocycles. The van der Waals surface area contributed by atoms with E-state index in [0.717, 1.165) is 30.5 Å². The summed E-state index contributed by atoms with van der Waals surface area (Å²) in [5.41, 5.74) is -0.720. The summed E-state index contributed by atoms with van der Waals surface area (Å²) >= 11 is 1.83. The maximum absolute atomic E-state index is 14.0. The number of aromatic nitrogens is 4. The van der Waals surface area contributed by atoms with Crippen LogP contribution in [0.25, 0.3) is 11.0 Å². The molecule has 1 saturated heterocycles. The monoisotopic (exact) mass is 499 g/mol. The van der Waals surface area contributed by atoms with Gasteiger partial charge in [-0.3, -0.25) is 18.7 Å². The first-order valence-electron chi connectivity index (χ1n) is 11.8. The van der Waals surface area contributed by atoms with Gasteiger partial charge in [-0.2, -0.15) is 11.8 Å². The van der Waals surface area contributed by atoms with E-state index in [0.29, 0.717) is 25.7 Å². The van der Waals surface area contributed by atoms with E-state index in [2.05, 4.69) is 15.3 Å². The van der Waals surface area contributed by atoms with Crippen molar-refractivity contribution in [2.24, 2.45) is 0 Å². The maximum atomic E-state index is 14.0. The Morgan fingerprint density at radius 1 is 1.06 bits per heavy atom. The minimum Gasteiger partial charge on any atom is -0.505 e. The van der Waals surface area contributed by atoms with Gasteiger partial charge in [0.05, 0.1) is 11.6 Å². The number of fused-ring (bicyclic) bond motifs is 1. The van der Waals surface area contributed by atoms with Gasteiger partial charge in [-0.25, -0.2) is 19.2 Å². The number of hydrogen-bond donors (Lipinski definition) is 2. The van der Waals surface area contributed by atoms with Crippen molar-refractivity contribution in [2.45, 2.75) is 56.7 Å². The van der Waals surface area contributed by atoms with Gasteiger partial charge in [-0.15, -0.1) is 0 Å². The van der Waals surface area contributed by atoms with Crippen molar-refractivity contribution in [1.29, 1.82) is 0 Å². The summed E-state index contributed by atoms with van der Waals surface area (Å²) in [7, 11) is 0. The second kappa shape index (κ2) is 9.80. The van der Waals surface area contributed by atoms with Gasteiger partial charge in [0, 0.05) is 24.3 Å². The molecule has 0 atom stereocenters. The van der Waals surface area contributed by atoms with Crippen LogP contribution >= 0.6 is 11.8 Å². The molecule has 0 aromatic carbocycles. The van der Waals surface area contributed by atoms with Crippen LogP contribution in [0.4, 0.5) is 4.39 Å². The zero-order chi connectivity index (χ0) is 24.5. The van der Waals surface area contributed by atoms with Gasteiger partial charge < -0.3 is 10.4 Å². The molecule has 1 aliphatic carbocycles. The molecule has 4 heterocycles. The van der Waals surface area contributed by atoms with E-state index in [9.17, 15) is 23.9 Å². The van der Waals surface area contributed by atoms with Crippen LogP contribution in [0.5, 0.6) is 5.75 Å². The van der Waals surface area contributed by atoms with Crippen molar-refractivity contribution in [1.82, 2.24) is 24.4 Å². The van der Waals surface area contributed by atoms with Gasteiger partial charge in [0.1, 0.15) is 17.2 Å². The maximum Gasteiger partial charge on any atom is 0.333 e. The number of rotatable bonds is 4. The Kier molecular flexibility index (Phi) is 6.59. The summed E-state index contributed by atoms with van der Waals surface area (Å²) in [6, 6.07) is 3.49. The Bertz CT molecular complexity index is 1380. The SMILES string of the molecule is O=C(NC1CCC(n2c(=O)c3cc(F)cnc3n(C3CCSCC3)c2=O)CC1)c1ncccc1O. The lowest BCUT2D eigenvalue weighted by atomic mass is 9.90. The molecule has 1 aliphatic heterocycles. The molecule has 0 bridgehead atoms. The van der Waals surface area contributed by atoms with Gasteiger partial charge >= 0.3 is 5.69 Å². The number of thioether (sulfide) groups is 1. The molecule has 3 aromatic rings. The molecule has 2 N–H and O–H groups in total. The highest BCUT2D eigenvalue weighted by Crippen LogP contribution is 2.30. The molecule has 2 fully saturated rings. The lowest BCUT2D eigenvalue weighted by Crippen LogP contribution is -2.46. The summed E-state index contributed by atoms with van der Waals surface area (Å²) < 4.78 is 16.9. The van der Waals surface area contributed by atoms with Crippen molar-refractivity contribution in [3.05, 3.63) is 62.9 Å². The third-order valence-corrected chi connectivity index (χ3v) is 7.93. The van der Waals surface area contributed by atoms with Crippen LogP contribution in [0.1, 0.15) is 61.1 Å². The van der Waals surface area contributed by atoms with Gasteiger partial charge in [0.15, 0.2) is 5.69 Å². The fourth-order valence-corrected chi connectivity index (χ4v) is 6.18. The molecular weight excluding hydrogens is 473 g/mol. The Balaban J connectivity index is 1.42. The second-order valence-electron chi connectivity index (χ2n) is 9.05. The van der Waals surface area contributed by atoms with Crippen LogP contribution in [0, 0.1) is 5.82 Å². The zero-order valence-electron chi connectivity index (χ0n) is 19.0. The Morgan fingerprint density at radius 2 is 1.77 bits per heavy atom. The highest BCUT2D eigenvalue weighted by atomic mass is 32.2. The van der Waals surface area contributed by atoms with Crippen molar-refractivity contribution in [3.63, 3.8) is 0 Å². The van der Waals surface area contributed by atoms with E-state index >= 15 is 0 Å². The van der Waals surface area contributed by atoms with Crippen molar-refractivity contribution < 1.29 is 14.3 Å². The molecule has 9 nitrogen and oxygen atoms in total. The lowest BCUT2D eigenvalue weighted by Gasteiger charge is -2.31. The number of carbonyl (C=O) groups excluding carboxylic acids is 1. The quantitative estimate of drug-likeness (QED) is 0.567. The molecule has 5 rings (SSSR count). The fourth-order valence-electron chi connectivity index (χ4n) is 5.10. The lowest BCUT2D eigenvalue weighted by molar-refractivity contribution is 0.0913. The fraction of sp³-hybridized carbons (Fsp3) is 0.458. The first kappa shape index (κ1) is 23.5. The van der Waals surface area contributed by atoms with E-state index in [1.54, 1.807) is 10.6 Å². The van der Waals surface area contributed by atoms with Crippen LogP contribution in [0.2, 0.25) is 0 Å². The Hall–Kier alpha value is -3.21. The number of nitrogens with zero attached hydrogens (tertiary/aromatic N) is 4. The molecule has 3 aromatic heterocycles. The Morgan fingerprint density at radius 3 is 2.49 bits per heavy atom. The van der Waals surface area contributed by atoms with E-state index in [1.165, 1.54) is 22.9 Å². The summed E-state index contributed by atoms with van der Waals surface area (Å²) in [4.78, 5) is 47.6. The van der Waals surface area contributed by atoms with Crippen LogP contribution < -0.4 is 16.6 Å². The third kappa shape index (κ3) is 4.56. The predicted octanol–water partition coefficient (Wildman–Crippen LogP) is 2.78. The van der Waals surface area contributed by atoms with E-state index < -0.39 is 23.0 Å². The molecule has 0 spiro atoms.